The minimum Gasteiger partial charge on any atom is -0.496 e. The van der Waals surface area contributed by atoms with E-state index in [2.05, 4.69) is 4.98 Å². The number of pyridine rings is 1. The number of benzene rings is 1. The first-order chi connectivity index (χ1) is 11.3. The second-order valence-electron chi connectivity index (χ2n) is 5.84. The maximum Gasteiger partial charge on any atom is 0.258 e. The van der Waals surface area contributed by atoms with Crippen LogP contribution in [-0.4, -0.2) is 29.4 Å². The molecule has 1 amide bonds. The van der Waals surface area contributed by atoms with Crippen molar-refractivity contribution in [3.8, 4) is 5.75 Å². The van der Waals surface area contributed by atoms with Crippen molar-refractivity contribution in [1.82, 2.24) is 9.88 Å². The molecule has 2 aromatic rings. The van der Waals surface area contributed by atoms with Crippen molar-refractivity contribution in [2.24, 2.45) is 0 Å². The molecule has 0 saturated carbocycles. The van der Waals surface area contributed by atoms with Gasteiger partial charge in [-0.25, -0.2) is 0 Å². The average molecular weight is 310 g/mol. The number of hydrogen-bond acceptors (Lipinski definition) is 3. The number of aromatic nitrogens is 1. The molecule has 0 bridgehead atoms. The molecule has 1 aromatic carbocycles. The van der Waals surface area contributed by atoms with Crippen LogP contribution in [0.4, 0.5) is 0 Å². The number of amides is 1. The molecule has 23 heavy (non-hydrogen) atoms. The lowest BCUT2D eigenvalue weighted by atomic mass is 10.0. The summed E-state index contributed by atoms with van der Waals surface area (Å²) in [4.78, 5) is 19.2. The molecule has 0 spiro atoms. The van der Waals surface area contributed by atoms with Crippen LogP contribution in [0, 0.1) is 0 Å². The Morgan fingerprint density at radius 1 is 1.13 bits per heavy atom. The lowest BCUT2D eigenvalue weighted by molar-refractivity contribution is 0.0677. The molecule has 0 N–H and O–H groups in total. The van der Waals surface area contributed by atoms with E-state index in [1.807, 2.05) is 41.3 Å². The summed E-state index contributed by atoms with van der Waals surface area (Å²) < 4.78 is 5.37. The van der Waals surface area contributed by atoms with Gasteiger partial charge in [-0.05, 0) is 42.7 Å². The van der Waals surface area contributed by atoms with Crippen molar-refractivity contribution in [3.63, 3.8) is 0 Å². The summed E-state index contributed by atoms with van der Waals surface area (Å²) in [5.74, 6) is 0.682. The monoisotopic (exact) mass is 310 g/mol. The van der Waals surface area contributed by atoms with Gasteiger partial charge in [0.25, 0.3) is 5.91 Å². The van der Waals surface area contributed by atoms with E-state index >= 15 is 0 Å². The Morgan fingerprint density at radius 2 is 1.91 bits per heavy atom. The Hall–Kier alpha value is -2.36. The minimum atomic E-state index is 0.0474. The van der Waals surface area contributed by atoms with Gasteiger partial charge in [0.05, 0.1) is 18.7 Å². The van der Waals surface area contributed by atoms with Crippen molar-refractivity contribution in [3.05, 3.63) is 59.9 Å². The first-order valence-corrected chi connectivity index (χ1v) is 8.15. The number of carbonyl (C=O) groups excluding carboxylic acids is 1. The predicted octanol–water partition coefficient (Wildman–Crippen LogP) is 3.85. The highest BCUT2D eigenvalue weighted by atomic mass is 16.5. The van der Waals surface area contributed by atoms with Crippen LogP contribution < -0.4 is 4.74 Å². The van der Waals surface area contributed by atoms with E-state index in [1.54, 1.807) is 19.5 Å². The van der Waals surface area contributed by atoms with Crippen LogP contribution in [0.15, 0.2) is 48.8 Å². The Kier molecular flexibility index (Phi) is 4.91. The van der Waals surface area contributed by atoms with Gasteiger partial charge in [-0.2, -0.15) is 0 Å². The SMILES string of the molecule is COc1ccccc1C(=O)N1CCCCCC1c1ccncc1. The van der Waals surface area contributed by atoms with Crippen LogP contribution in [0.25, 0.3) is 0 Å². The highest BCUT2D eigenvalue weighted by molar-refractivity contribution is 5.97. The molecular formula is C19H22N2O2. The van der Waals surface area contributed by atoms with Crippen molar-refractivity contribution in [1.29, 1.82) is 0 Å². The maximum atomic E-state index is 13.1. The highest BCUT2D eigenvalue weighted by Crippen LogP contribution is 2.32. The van der Waals surface area contributed by atoms with Crippen LogP contribution in [0.1, 0.15) is 47.6 Å². The third kappa shape index (κ3) is 3.36. The number of methoxy groups -OCH3 is 1. The summed E-state index contributed by atoms with van der Waals surface area (Å²) in [6, 6.07) is 11.6. The summed E-state index contributed by atoms with van der Waals surface area (Å²) in [6.07, 6.45) is 7.94. The van der Waals surface area contributed by atoms with Gasteiger partial charge in [0, 0.05) is 18.9 Å². The molecule has 120 valence electrons. The molecule has 1 unspecified atom stereocenters. The fraction of sp³-hybridized carbons (Fsp3) is 0.368. The topological polar surface area (TPSA) is 42.4 Å². The van der Waals surface area contributed by atoms with Gasteiger partial charge >= 0.3 is 0 Å². The fourth-order valence-electron chi connectivity index (χ4n) is 3.26. The molecule has 3 rings (SSSR count). The predicted molar refractivity (Wildman–Crippen MR) is 89.5 cm³/mol. The number of nitrogens with zero attached hydrogens (tertiary/aromatic N) is 2. The van der Waals surface area contributed by atoms with Gasteiger partial charge in [-0.1, -0.05) is 25.0 Å². The first kappa shape index (κ1) is 15.5. The van der Waals surface area contributed by atoms with Crippen LogP contribution in [0.5, 0.6) is 5.75 Å². The zero-order chi connectivity index (χ0) is 16.1. The van der Waals surface area contributed by atoms with Crippen molar-refractivity contribution >= 4 is 5.91 Å². The number of carbonyl (C=O) groups is 1. The van der Waals surface area contributed by atoms with E-state index < -0.39 is 0 Å². The molecule has 4 heteroatoms. The average Bonchev–Trinajstić information content (AvgIpc) is 2.88. The summed E-state index contributed by atoms with van der Waals surface area (Å²) >= 11 is 0. The molecule has 2 heterocycles. The summed E-state index contributed by atoms with van der Waals surface area (Å²) in [6.45, 7) is 0.782. The third-order valence-electron chi connectivity index (χ3n) is 4.44. The van der Waals surface area contributed by atoms with Gasteiger partial charge in [0.1, 0.15) is 5.75 Å². The number of para-hydroxylation sites is 1. The van der Waals surface area contributed by atoms with E-state index in [9.17, 15) is 4.79 Å². The quantitative estimate of drug-likeness (QED) is 0.865. The summed E-state index contributed by atoms with van der Waals surface area (Å²) in [5, 5.41) is 0. The van der Waals surface area contributed by atoms with Crippen LogP contribution in [0.2, 0.25) is 0 Å². The van der Waals surface area contributed by atoms with Crippen LogP contribution in [-0.2, 0) is 0 Å². The molecule has 1 fully saturated rings. The van der Waals surface area contributed by atoms with Gasteiger partial charge in [-0.15, -0.1) is 0 Å². The van der Waals surface area contributed by atoms with Gasteiger partial charge in [0.2, 0.25) is 0 Å². The van der Waals surface area contributed by atoms with E-state index in [4.69, 9.17) is 4.74 Å². The molecular weight excluding hydrogens is 288 g/mol. The molecule has 0 aliphatic carbocycles. The molecule has 0 radical (unpaired) electrons. The Balaban J connectivity index is 1.95. The van der Waals surface area contributed by atoms with Gasteiger partial charge < -0.3 is 9.64 Å². The molecule has 1 saturated heterocycles. The zero-order valence-corrected chi connectivity index (χ0v) is 13.4. The normalized spacial score (nSPS) is 18.3. The van der Waals surface area contributed by atoms with Gasteiger partial charge in [0.15, 0.2) is 0 Å². The third-order valence-corrected chi connectivity index (χ3v) is 4.44. The highest BCUT2D eigenvalue weighted by Gasteiger charge is 2.28. The fourth-order valence-corrected chi connectivity index (χ4v) is 3.26. The smallest absolute Gasteiger partial charge is 0.258 e. The van der Waals surface area contributed by atoms with Crippen molar-refractivity contribution in [2.45, 2.75) is 31.7 Å². The van der Waals surface area contributed by atoms with Crippen LogP contribution in [0.3, 0.4) is 0 Å². The largest absolute Gasteiger partial charge is 0.496 e. The molecule has 1 atom stereocenters. The van der Waals surface area contributed by atoms with Crippen LogP contribution >= 0.6 is 0 Å². The Labute approximate surface area is 137 Å². The van der Waals surface area contributed by atoms with Crippen molar-refractivity contribution in [2.75, 3.05) is 13.7 Å². The number of ether oxygens (including phenoxy) is 1. The molecule has 4 nitrogen and oxygen atoms in total. The lowest BCUT2D eigenvalue weighted by Crippen LogP contribution is -2.35. The molecule has 1 aromatic heterocycles. The number of hydrogen-bond donors (Lipinski definition) is 0. The second-order valence-corrected chi connectivity index (χ2v) is 5.84. The van der Waals surface area contributed by atoms with E-state index in [1.165, 1.54) is 0 Å². The standard InChI is InChI=1S/C19H22N2O2/c1-23-18-9-5-4-7-16(18)19(22)21-14-6-2-3-8-17(21)15-10-12-20-13-11-15/h4-5,7,9-13,17H,2-3,6,8,14H2,1H3. The molecule has 1 aliphatic rings. The number of rotatable bonds is 3. The van der Waals surface area contributed by atoms with Crippen molar-refractivity contribution < 1.29 is 9.53 Å². The number of likely N-dealkylation sites (tertiary alicyclic amines) is 1. The molecule has 1 aliphatic heterocycles. The Bertz CT molecular complexity index is 657. The van der Waals surface area contributed by atoms with Gasteiger partial charge in [-0.3, -0.25) is 9.78 Å². The minimum absolute atomic E-state index is 0.0474. The first-order valence-electron chi connectivity index (χ1n) is 8.15. The lowest BCUT2D eigenvalue weighted by Gasteiger charge is -2.31. The Morgan fingerprint density at radius 3 is 2.70 bits per heavy atom. The zero-order valence-electron chi connectivity index (χ0n) is 13.4. The van der Waals surface area contributed by atoms with E-state index in [0.717, 1.165) is 37.8 Å². The summed E-state index contributed by atoms with van der Waals surface area (Å²) in [7, 11) is 1.61. The van der Waals surface area contributed by atoms with E-state index in [-0.39, 0.29) is 11.9 Å². The summed E-state index contributed by atoms with van der Waals surface area (Å²) in [5.41, 5.74) is 1.79. The maximum absolute atomic E-state index is 13.1. The second kappa shape index (κ2) is 7.27. The van der Waals surface area contributed by atoms with E-state index in [0.29, 0.717) is 11.3 Å².